The molecule has 2 heterocycles. The third-order valence-corrected chi connectivity index (χ3v) is 8.29. The van der Waals surface area contributed by atoms with E-state index in [1.165, 1.54) is 12.4 Å². The summed E-state index contributed by atoms with van der Waals surface area (Å²) >= 11 is -0.824. The average Bonchev–Trinajstić information content (AvgIpc) is 3.30. The van der Waals surface area contributed by atoms with E-state index in [0.717, 1.165) is 16.9 Å². The molecule has 0 radical (unpaired) electrons. The van der Waals surface area contributed by atoms with Gasteiger partial charge in [-0.05, 0) is 0 Å². The molecule has 1 aliphatic heterocycles. The summed E-state index contributed by atoms with van der Waals surface area (Å²) in [5.41, 5.74) is 2.57. The van der Waals surface area contributed by atoms with Crippen LogP contribution in [0.5, 0.6) is 0 Å². The number of anilines is 1. The van der Waals surface area contributed by atoms with E-state index in [9.17, 15) is 4.79 Å². The summed E-state index contributed by atoms with van der Waals surface area (Å²) in [5, 5.41) is 2.97. The van der Waals surface area contributed by atoms with Crippen LogP contribution in [0.15, 0.2) is 67.3 Å². The molecule has 0 aliphatic carbocycles. The van der Waals surface area contributed by atoms with E-state index >= 15 is 0 Å². The number of carbonyl (C=O) groups is 1. The van der Waals surface area contributed by atoms with E-state index in [0.29, 0.717) is 0 Å². The maximum atomic E-state index is 12.4. The van der Waals surface area contributed by atoms with Crippen LogP contribution in [0.3, 0.4) is 0 Å². The van der Waals surface area contributed by atoms with Gasteiger partial charge in [-0.1, -0.05) is 0 Å². The first-order valence-corrected chi connectivity index (χ1v) is 11.5. The molecule has 0 saturated carbocycles. The number of nitrogens with one attached hydrogen (secondary N) is 1. The molecule has 5 heteroatoms. The van der Waals surface area contributed by atoms with Crippen molar-refractivity contribution in [2.24, 2.45) is 0 Å². The third kappa shape index (κ3) is 3.29. The van der Waals surface area contributed by atoms with Crippen LogP contribution in [-0.2, 0) is 0 Å². The number of hydrogen-bond acceptors (Lipinski definition) is 2. The van der Waals surface area contributed by atoms with Gasteiger partial charge in [-0.3, -0.25) is 0 Å². The number of rotatable bonds is 4. The zero-order chi connectivity index (χ0) is 15.6. The fourth-order valence-corrected chi connectivity index (χ4v) is 6.69. The molecule has 1 aliphatic rings. The minimum atomic E-state index is -0.824. The molecule has 23 heavy (non-hydrogen) atoms. The van der Waals surface area contributed by atoms with Crippen LogP contribution < -0.4 is 5.32 Å². The summed E-state index contributed by atoms with van der Waals surface area (Å²) in [5.74, 6) is -0.0417. The van der Waals surface area contributed by atoms with Crippen molar-refractivity contribution in [1.82, 2.24) is 9.55 Å². The zero-order valence-corrected chi connectivity index (χ0v) is 14.6. The molecule has 1 fully saturated rings. The normalized spacial score (nSPS) is 14.5. The second-order valence-corrected chi connectivity index (χ2v) is 11.3. The molecule has 2 aromatic carbocycles. The quantitative estimate of drug-likeness (QED) is 0.519. The standard InChI is InChI=1S/C18H16IN3O/c23-18(14-2-1-3-15(12-14)19-8-9-19)21-16-4-6-17(7-5-16)22-11-10-20-13-22/h1-7,10-13H,8-9H2,(H,21,23). The second-order valence-electron chi connectivity index (χ2n) is 5.32. The number of benzene rings is 2. The van der Waals surface area contributed by atoms with Crippen molar-refractivity contribution in [1.29, 1.82) is 0 Å². The van der Waals surface area contributed by atoms with Crippen LogP contribution in [-0.4, -0.2) is 24.3 Å². The van der Waals surface area contributed by atoms with Crippen molar-refractivity contribution in [2.75, 3.05) is 14.2 Å². The van der Waals surface area contributed by atoms with Crippen molar-refractivity contribution in [3.63, 3.8) is 0 Å². The van der Waals surface area contributed by atoms with Gasteiger partial charge in [0, 0.05) is 0 Å². The van der Waals surface area contributed by atoms with Gasteiger partial charge in [0.15, 0.2) is 0 Å². The Kier molecular flexibility index (Phi) is 3.87. The van der Waals surface area contributed by atoms with E-state index in [2.05, 4.69) is 22.4 Å². The molecule has 0 spiro atoms. The van der Waals surface area contributed by atoms with Gasteiger partial charge in [0.1, 0.15) is 0 Å². The summed E-state index contributed by atoms with van der Waals surface area (Å²) in [4.78, 5) is 16.4. The number of nitrogens with zero attached hydrogens (tertiary/aromatic N) is 2. The van der Waals surface area contributed by atoms with E-state index in [1.807, 2.05) is 47.2 Å². The van der Waals surface area contributed by atoms with Gasteiger partial charge in [-0.25, -0.2) is 0 Å². The Labute approximate surface area is 141 Å². The summed E-state index contributed by atoms with van der Waals surface area (Å²) in [6, 6.07) is 15.9. The Balaban J connectivity index is 1.49. The third-order valence-electron chi connectivity index (χ3n) is 3.70. The Hall–Kier alpha value is -2.15. The molecule has 4 rings (SSSR count). The monoisotopic (exact) mass is 417 g/mol. The van der Waals surface area contributed by atoms with Crippen LogP contribution >= 0.6 is 19.8 Å². The fraction of sp³-hybridized carbons (Fsp3) is 0.111. The molecular formula is C18H16IN3O. The molecule has 0 atom stereocenters. The van der Waals surface area contributed by atoms with Crippen molar-refractivity contribution in [3.05, 3.63) is 76.4 Å². The number of aromatic nitrogens is 2. The number of halogens is 1. The zero-order valence-electron chi connectivity index (χ0n) is 12.4. The van der Waals surface area contributed by atoms with Crippen LogP contribution in [0.4, 0.5) is 5.69 Å². The number of hydrogen-bond donors (Lipinski definition) is 1. The SMILES string of the molecule is O=C(Nc1ccc(-n2ccnc2)cc1)c1cccc(I2CC2)c1. The van der Waals surface area contributed by atoms with E-state index in [1.54, 1.807) is 12.5 Å². The molecule has 1 N–H and O–H groups in total. The molecule has 0 unspecified atom stereocenters. The van der Waals surface area contributed by atoms with E-state index < -0.39 is 19.8 Å². The Morgan fingerprint density at radius 1 is 1.13 bits per heavy atom. The molecule has 116 valence electrons. The topological polar surface area (TPSA) is 46.9 Å². The number of carbonyl (C=O) groups excluding carboxylic acids is 1. The molecule has 3 aromatic rings. The number of imidazole rings is 1. The van der Waals surface area contributed by atoms with E-state index in [4.69, 9.17) is 0 Å². The predicted molar refractivity (Wildman–Crippen MR) is 100 cm³/mol. The van der Waals surface area contributed by atoms with Crippen molar-refractivity contribution in [2.45, 2.75) is 0 Å². The van der Waals surface area contributed by atoms with Crippen LogP contribution in [0.25, 0.3) is 5.69 Å². The van der Waals surface area contributed by atoms with Crippen LogP contribution in [0.1, 0.15) is 10.4 Å². The Morgan fingerprint density at radius 3 is 2.65 bits per heavy atom. The fourth-order valence-electron chi connectivity index (χ4n) is 2.38. The maximum absolute atomic E-state index is 12.4. The van der Waals surface area contributed by atoms with Gasteiger partial charge in [0.2, 0.25) is 0 Å². The van der Waals surface area contributed by atoms with Gasteiger partial charge in [0.25, 0.3) is 0 Å². The molecule has 1 amide bonds. The molecular weight excluding hydrogens is 401 g/mol. The average molecular weight is 417 g/mol. The first-order chi connectivity index (χ1) is 11.3. The van der Waals surface area contributed by atoms with Gasteiger partial charge >= 0.3 is 142 Å². The first-order valence-electron chi connectivity index (χ1n) is 7.41. The molecule has 1 aromatic heterocycles. The molecule has 4 nitrogen and oxygen atoms in total. The predicted octanol–water partition coefficient (Wildman–Crippen LogP) is 3.81. The van der Waals surface area contributed by atoms with Gasteiger partial charge < -0.3 is 0 Å². The molecule has 1 saturated heterocycles. The van der Waals surface area contributed by atoms with Gasteiger partial charge in [-0.2, -0.15) is 0 Å². The Bertz CT molecular complexity index is 824. The van der Waals surface area contributed by atoms with Gasteiger partial charge in [-0.15, -0.1) is 0 Å². The number of amides is 1. The minimum absolute atomic E-state index is 0.0417. The van der Waals surface area contributed by atoms with Crippen LogP contribution in [0, 0.1) is 3.57 Å². The number of alkyl halides is 2. The first kappa shape index (κ1) is 14.4. The Morgan fingerprint density at radius 2 is 1.96 bits per heavy atom. The van der Waals surface area contributed by atoms with Gasteiger partial charge in [0.05, 0.1) is 0 Å². The summed E-state index contributed by atoms with van der Waals surface area (Å²) in [7, 11) is 0. The van der Waals surface area contributed by atoms with Crippen molar-refractivity contribution in [3.8, 4) is 5.69 Å². The summed E-state index contributed by atoms with van der Waals surface area (Å²) in [6.45, 7) is 0. The molecule has 0 bridgehead atoms. The van der Waals surface area contributed by atoms with E-state index in [-0.39, 0.29) is 5.91 Å². The van der Waals surface area contributed by atoms with Crippen molar-refractivity contribution < 1.29 is 4.79 Å². The summed E-state index contributed by atoms with van der Waals surface area (Å²) < 4.78 is 6.14. The summed E-state index contributed by atoms with van der Waals surface area (Å²) in [6.07, 6.45) is 5.38. The van der Waals surface area contributed by atoms with Crippen LogP contribution in [0.2, 0.25) is 0 Å². The van der Waals surface area contributed by atoms with Crippen molar-refractivity contribution >= 4 is 31.4 Å². The second kappa shape index (κ2) is 6.16.